The molecular weight excluding hydrogens is 362 g/mol. The lowest BCUT2D eigenvalue weighted by Gasteiger charge is -2.34. The van der Waals surface area contributed by atoms with Gasteiger partial charge in [-0.3, -0.25) is 9.59 Å². The highest BCUT2D eigenvalue weighted by Gasteiger charge is 2.42. The van der Waals surface area contributed by atoms with Crippen molar-refractivity contribution < 1.29 is 9.59 Å². The number of nitrogens with zero attached hydrogens (tertiary/aromatic N) is 2. The van der Waals surface area contributed by atoms with Crippen LogP contribution < -0.4 is 5.32 Å². The van der Waals surface area contributed by atoms with E-state index >= 15 is 0 Å². The van der Waals surface area contributed by atoms with Crippen molar-refractivity contribution in [1.82, 2.24) is 15.1 Å². The van der Waals surface area contributed by atoms with Crippen molar-refractivity contribution in [2.24, 2.45) is 11.3 Å². The first-order valence-electron chi connectivity index (χ1n) is 11.3. The summed E-state index contributed by atoms with van der Waals surface area (Å²) in [5, 5.41) is 2.69. The third-order valence-corrected chi connectivity index (χ3v) is 7.17. The third-order valence-electron chi connectivity index (χ3n) is 7.17. The summed E-state index contributed by atoms with van der Waals surface area (Å²) in [7, 11) is 0. The van der Waals surface area contributed by atoms with Crippen molar-refractivity contribution in [3.63, 3.8) is 0 Å². The lowest BCUT2D eigenvalue weighted by Crippen LogP contribution is -2.45. The van der Waals surface area contributed by atoms with Gasteiger partial charge in [0.25, 0.3) is 0 Å². The number of fused-ring (bicyclic) bond motifs is 1. The highest BCUT2D eigenvalue weighted by atomic mass is 16.2. The molecule has 4 rings (SSSR count). The molecule has 0 aromatic heterocycles. The summed E-state index contributed by atoms with van der Waals surface area (Å²) in [6.45, 7) is 6.46. The Morgan fingerprint density at radius 3 is 2.62 bits per heavy atom. The minimum atomic E-state index is -0.150. The Labute approximate surface area is 174 Å². The topological polar surface area (TPSA) is 52.7 Å². The van der Waals surface area contributed by atoms with Crippen molar-refractivity contribution >= 4 is 11.8 Å². The molecule has 5 nitrogen and oxygen atoms in total. The molecule has 2 heterocycles. The van der Waals surface area contributed by atoms with Gasteiger partial charge in [-0.1, -0.05) is 43.5 Å². The maximum Gasteiger partial charge on any atom is 0.242 e. The van der Waals surface area contributed by atoms with E-state index in [0.29, 0.717) is 6.54 Å². The summed E-state index contributed by atoms with van der Waals surface area (Å²) in [6.07, 6.45) is 9.15. The Balaban J connectivity index is 1.49. The van der Waals surface area contributed by atoms with Crippen molar-refractivity contribution in [3.8, 4) is 0 Å². The van der Waals surface area contributed by atoms with E-state index in [1.165, 1.54) is 56.7 Å². The Bertz CT molecular complexity index is 743. The first kappa shape index (κ1) is 20.4. The van der Waals surface area contributed by atoms with E-state index in [9.17, 15) is 9.59 Å². The lowest BCUT2D eigenvalue weighted by molar-refractivity contribution is -0.134. The molecule has 0 radical (unpaired) electrons. The van der Waals surface area contributed by atoms with Gasteiger partial charge in [-0.25, -0.2) is 0 Å². The van der Waals surface area contributed by atoms with E-state index in [1.807, 2.05) is 4.90 Å². The number of likely N-dealkylation sites (tertiary alicyclic amines) is 1. The van der Waals surface area contributed by atoms with Crippen LogP contribution in [-0.4, -0.2) is 54.3 Å². The molecule has 0 bridgehead atoms. The number of carbonyl (C=O) groups excluding carboxylic acids is 2. The molecule has 2 fully saturated rings. The van der Waals surface area contributed by atoms with E-state index < -0.39 is 0 Å². The summed E-state index contributed by atoms with van der Waals surface area (Å²) in [5.41, 5.74) is 2.78. The van der Waals surface area contributed by atoms with Gasteiger partial charge in [-0.15, -0.1) is 0 Å². The summed E-state index contributed by atoms with van der Waals surface area (Å²) >= 11 is 0. The number of nitrogens with one attached hydrogen (secondary N) is 1. The van der Waals surface area contributed by atoms with Crippen LogP contribution in [0, 0.1) is 11.3 Å². The second kappa shape index (κ2) is 8.86. The molecule has 2 aliphatic heterocycles. The van der Waals surface area contributed by atoms with Crippen LogP contribution in [-0.2, 0) is 22.6 Å². The Morgan fingerprint density at radius 2 is 1.86 bits per heavy atom. The Morgan fingerprint density at radius 1 is 1.10 bits per heavy atom. The van der Waals surface area contributed by atoms with Gasteiger partial charge in [0.05, 0.1) is 6.54 Å². The Kier molecular flexibility index (Phi) is 6.23. The molecule has 1 unspecified atom stereocenters. The van der Waals surface area contributed by atoms with Gasteiger partial charge >= 0.3 is 0 Å². The molecule has 1 aliphatic carbocycles. The van der Waals surface area contributed by atoms with Crippen LogP contribution in [0.3, 0.4) is 0 Å². The van der Waals surface area contributed by atoms with Crippen LogP contribution in [0.15, 0.2) is 24.3 Å². The molecule has 29 heavy (non-hydrogen) atoms. The summed E-state index contributed by atoms with van der Waals surface area (Å²) in [4.78, 5) is 28.9. The van der Waals surface area contributed by atoms with Gasteiger partial charge in [-0.05, 0) is 49.3 Å². The van der Waals surface area contributed by atoms with Crippen LogP contribution >= 0.6 is 0 Å². The molecule has 158 valence electrons. The number of hydrogen-bond acceptors (Lipinski definition) is 3. The smallest absolute Gasteiger partial charge is 0.242 e. The minimum absolute atomic E-state index is 0.0296. The van der Waals surface area contributed by atoms with E-state index in [0.717, 1.165) is 38.4 Å². The van der Waals surface area contributed by atoms with E-state index in [4.69, 9.17) is 0 Å². The second-order valence-electron chi connectivity index (χ2n) is 9.59. The van der Waals surface area contributed by atoms with Crippen LogP contribution in [0.2, 0.25) is 0 Å². The fraction of sp³-hybridized carbons (Fsp3) is 0.667. The molecular formula is C24H35N3O2. The average molecular weight is 398 g/mol. The fourth-order valence-electron chi connectivity index (χ4n) is 5.69. The first-order valence-corrected chi connectivity index (χ1v) is 11.3. The number of amides is 2. The molecule has 1 aromatic rings. The lowest BCUT2D eigenvalue weighted by atomic mass is 9.80. The zero-order chi connectivity index (χ0) is 20.3. The van der Waals surface area contributed by atoms with Crippen LogP contribution in [0.1, 0.15) is 56.6 Å². The van der Waals surface area contributed by atoms with E-state index in [1.54, 1.807) is 0 Å². The van der Waals surface area contributed by atoms with E-state index in [-0.39, 0.29) is 23.8 Å². The Hall–Kier alpha value is -1.88. The molecule has 5 heteroatoms. The highest BCUT2D eigenvalue weighted by molar-refractivity contribution is 5.83. The van der Waals surface area contributed by atoms with Gasteiger partial charge < -0.3 is 15.1 Å². The number of hydrogen-bond donors (Lipinski definition) is 1. The standard InChI is InChI=1S/C24H35N3O2/c1-19(28)25-14-23(29)27-16-22-10-6-5-9-21(22)13-24(18-27)11-12-26(17-24)15-20-7-3-2-4-8-20/h5-6,9-10,20H,2-4,7-8,11-18H2,1H3,(H,25,28). The van der Waals surface area contributed by atoms with Crippen molar-refractivity contribution in [1.29, 1.82) is 0 Å². The van der Waals surface area contributed by atoms with Gasteiger partial charge in [-0.2, -0.15) is 0 Å². The summed E-state index contributed by atoms with van der Waals surface area (Å²) in [5.74, 6) is 0.735. The third kappa shape index (κ3) is 5.00. The van der Waals surface area contributed by atoms with Crippen molar-refractivity contribution in [2.45, 2.75) is 58.4 Å². The first-order chi connectivity index (χ1) is 14.0. The SMILES string of the molecule is CC(=O)NCC(=O)N1Cc2ccccc2CC2(CCN(CC3CCCCC3)C2)C1. The van der Waals surface area contributed by atoms with Gasteiger partial charge in [0.1, 0.15) is 0 Å². The number of rotatable bonds is 4. The van der Waals surface area contributed by atoms with Gasteiger partial charge in [0.2, 0.25) is 11.8 Å². The zero-order valence-electron chi connectivity index (χ0n) is 17.8. The highest BCUT2D eigenvalue weighted by Crippen LogP contribution is 2.39. The molecule has 1 aromatic carbocycles. The fourth-order valence-corrected chi connectivity index (χ4v) is 5.69. The van der Waals surface area contributed by atoms with Gasteiger partial charge in [0.15, 0.2) is 0 Å². The van der Waals surface area contributed by atoms with Crippen LogP contribution in [0.25, 0.3) is 0 Å². The van der Waals surface area contributed by atoms with Crippen LogP contribution in [0.5, 0.6) is 0 Å². The predicted octanol–water partition coefficient (Wildman–Crippen LogP) is 2.98. The summed E-state index contributed by atoms with van der Waals surface area (Å²) < 4.78 is 0. The maximum absolute atomic E-state index is 12.9. The monoisotopic (exact) mass is 397 g/mol. The summed E-state index contributed by atoms with van der Waals surface area (Å²) in [6, 6.07) is 8.58. The largest absolute Gasteiger partial charge is 0.347 e. The van der Waals surface area contributed by atoms with Crippen LogP contribution in [0.4, 0.5) is 0 Å². The van der Waals surface area contributed by atoms with E-state index in [2.05, 4.69) is 34.5 Å². The molecule has 1 N–H and O–H groups in total. The average Bonchev–Trinajstić information content (AvgIpc) is 3.00. The number of carbonyl (C=O) groups is 2. The zero-order valence-corrected chi connectivity index (χ0v) is 17.8. The van der Waals surface area contributed by atoms with Crippen molar-refractivity contribution in [3.05, 3.63) is 35.4 Å². The number of benzene rings is 1. The molecule has 1 atom stereocenters. The quantitative estimate of drug-likeness (QED) is 0.850. The molecule has 3 aliphatic rings. The second-order valence-corrected chi connectivity index (χ2v) is 9.59. The van der Waals surface area contributed by atoms with Gasteiger partial charge in [0, 0.05) is 38.5 Å². The predicted molar refractivity (Wildman–Crippen MR) is 114 cm³/mol. The maximum atomic E-state index is 12.9. The van der Waals surface area contributed by atoms with Crippen molar-refractivity contribution in [2.75, 3.05) is 32.7 Å². The normalized spacial score (nSPS) is 25.6. The molecule has 2 amide bonds. The minimum Gasteiger partial charge on any atom is -0.347 e. The molecule has 1 spiro atoms. The molecule has 1 saturated heterocycles. The molecule has 1 saturated carbocycles.